The number of hydrogen-bond donors (Lipinski definition) is 0. The Balaban J connectivity index is 2.30. The highest BCUT2D eigenvalue weighted by atomic mass is 35.5. The zero-order chi connectivity index (χ0) is 11.8. The van der Waals surface area contributed by atoms with Crippen LogP contribution in [0.3, 0.4) is 0 Å². The Bertz CT molecular complexity index is 360. The fraction of sp³-hybridized carbons (Fsp3) is 0.250. The van der Waals surface area contributed by atoms with Crippen LogP contribution < -0.4 is 0 Å². The molecular formula is C12H13ClO2S. The number of thioether (sulfide) groups is 1. The minimum absolute atomic E-state index is 0.292. The van der Waals surface area contributed by atoms with Crippen LogP contribution in [-0.4, -0.2) is 18.3 Å². The lowest BCUT2D eigenvalue weighted by atomic mass is 10.4. The van der Waals surface area contributed by atoms with Gasteiger partial charge in [-0.2, -0.15) is 0 Å². The van der Waals surface area contributed by atoms with Gasteiger partial charge < -0.3 is 4.74 Å². The van der Waals surface area contributed by atoms with Crippen molar-refractivity contribution in [3.05, 3.63) is 41.4 Å². The minimum atomic E-state index is -0.292. The first-order valence-electron chi connectivity index (χ1n) is 4.94. The molecule has 16 heavy (non-hydrogen) atoms. The maximum atomic E-state index is 11.0. The molecule has 0 fully saturated rings. The van der Waals surface area contributed by atoms with Crippen molar-refractivity contribution in [3.63, 3.8) is 0 Å². The molecule has 0 amide bonds. The lowest BCUT2D eigenvalue weighted by molar-refractivity contribution is -0.137. The summed E-state index contributed by atoms with van der Waals surface area (Å²) in [6, 6.07) is 7.59. The summed E-state index contributed by atoms with van der Waals surface area (Å²) in [6.45, 7) is 2.20. The van der Waals surface area contributed by atoms with Crippen molar-refractivity contribution in [2.45, 2.75) is 11.8 Å². The van der Waals surface area contributed by atoms with E-state index in [1.54, 1.807) is 24.8 Å². The summed E-state index contributed by atoms with van der Waals surface area (Å²) in [4.78, 5) is 12.1. The molecule has 1 aromatic rings. The summed E-state index contributed by atoms with van der Waals surface area (Å²) in [5.74, 6) is 0.444. The summed E-state index contributed by atoms with van der Waals surface area (Å²) in [5.41, 5.74) is 0. The number of hydrogen-bond acceptors (Lipinski definition) is 3. The number of carbonyl (C=O) groups excluding carboxylic acids is 1. The van der Waals surface area contributed by atoms with E-state index in [1.165, 1.54) is 6.08 Å². The number of benzene rings is 1. The monoisotopic (exact) mass is 256 g/mol. The third-order valence-corrected chi connectivity index (χ3v) is 2.92. The first-order valence-corrected chi connectivity index (χ1v) is 6.30. The summed E-state index contributed by atoms with van der Waals surface area (Å²) in [7, 11) is 0. The highest BCUT2D eigenvalue weighted by Gasteiger charge is 1.94. The van der Waals surface area contributed by atoms with Crippen molar-refractivity contribution < 1.29 is 9.53 Å². The van der Waals surface area contributed by atoms with Crippen LogP contribution in [0.25, 0.3) is 0 Å². The van der Waals surface area contributed by atoms with Gasteiger partial charge in [0.15, 0.2) is 0 Å². The van der Waals surface area contributed by atoms with Crippen LogP contribution in [0.2, 0.25) is 5.02 Å². The standard InChI is InChI=1S/C12H13ClO2S/c1-2-15-12(14)4-3-9-16-11-7-5-10(13)6-8-11/h3-8H,2,9H2,1H3/b4-3+. The lowest BCUT2D eigenvalue weighted by Crippen LogP contribution is -1.98. The van der Waals surface area contributed by atoms with Gasteiger partial charge >= 0.3 is 5.97 Å². The van der Waals surface area contributed by atoms with Crippen molar-refractivity contribution in [1.82, 2.24) is 0 Å². The largest absolute Gasteiger partial charge is 0.463 e. The number of halogens is 1. The molecule has 2 nitrogen and oxygen atoms in total. The molecule has 0 atom stereocenters. The maximum Gasteiger partial charge on any atom is 0.330 e. The fourth-order valence-corrected chi connectivity index (χ4v) is 1.85. The van der Waals surface area contributed by atoms with E-state index in [4.69, 9.17) is 16.3 Å². The van der Waals surface area contributed by atoms with Crippen LogP contribution in [0.4, 0.5) is 0 Å². The molecule has 0 aliphatic heterocycles. The summed E-state index contributed by atoms with van der Waals surface area (Å²) in [6.07, 6.45) is 3.24. The van der Waals surface area contributed by atoms with Gasteiger partial charge in [-0.15, -0.1) is 11.8 Å². The molecule has 0 spiro atoms. The molecule has 0 aliphatic carbocycles. The topological polar surface area (TPSA) is 26.3 Å². The zero-order valence-electron chi connectivity index (χ0n) is 8.98. The van der Waals surface area contributed by atoms with Crippen LogP contribution in [0, 0.1) is 0 Å². The van der Waals surface area contributed by atoms with Gasteiger partial charge in [-0.25, -0.2) is 4.79 Å². The van der Waals surface area contributed by atoms with Crippen LogP contribution in [0.1, 0.15) is 6.92 Å². The van der Waals surface area contributed by atoms with Crippen molar-refractivity contribution in [3.8, 4) is 0 Å². The Kier molecular flexibility index (Phi) is 6.04. The highest BCUT2D eigenvalue weighted by Crippen LogP contribution is 2.20. The van der Waals surface area contributed by atoms with Gasteiger partial charge in [0.1, 0.15) is 0 Å². The quantitative estimate of drug-likeness (QED) is 0.458. The van der Waals surface area contributed by atoms with Gasteiger partial charge in [-0.05, 0) is 31.2 Å². The molecule has 0 radical (unpaired) electrons. The van der Waals surface area contributed by atoms with Crippen molar-refractivity contribution in [1.29, 1.82) is 0 Å². The van der Waals surface area contributed by atoms with Crippen molar-refractivity contribution >= 4 is 29.3 Å². The number of rotatable bonds is 5. The smallest absolute Gasteiger partial charge is 0.330 e. The molecule has 1 aromatic carbocycles. The van der Waals surface area contributed by atoms with E-state index in [1.807, 2.05) is 24.3 Å². The van der Waals surface area contributed by atoms with Crippen LogP contribution in [0.15, 0.2) is 41.3 Å². The summed E-state index contributed by atoms with van der Waals surface area (Å²) < 4.78 is 4.76. The number of carbonyl (C=O) groups is 1. The Morgan fingerprint density at radius 3 is 2.75 bits per heavy atom. The van der Waals surface area contributed by atoms with Gasteiger partial charge in [-0.1, -0.05) is 17.7 Å². The second-order valence-electron chi connectivity index (χ2n) is 2.92. The average molecular weight is 257 g/mol. The van der Waals surface area contributed by atoms with E-state index >= 15 is 0 Å². The normalized spacial score (nSPS) is 10.6. The molecule has 0 heterocycles. The van der Waals surface area contributed by atoms with E-state index in [0.29, 0.717) is 6.61 Å². The third kappa shape index (κ3) is 5.24. The Labute approximate surface area is 105 Å². The molecule has 0 N–H and O–H groups in total. The Morgan fingerprint density at radius 1 is 1.44 bits per heavy atom. The molecule has 0 aliphatic rings. The molecule has 0 aromatic heterocycles. The molecule has 0 saturated carbocycles. The predicted molar refractivity (Wildman–Crippen MR) is 67.9 cm³/mol. The molecular weight excluding hydrogens is 244 g/mol. The lowest BCUT2D eigenvalue weighted by Gasteiger charge is -1.98. The Morgan fingerprint density at radius 2 is 2.12 bits per heavy atom. The molecule has 0 bridgehead atoms. The second kappa shape index (κ2) is 7.36. The van der Waals surface area contributed by atoms with E-state index in [-0.39, 0.29) is 5.97 Å². The van der Waals surface area contributed by atoms with Gasteiger partial charge in [-0.3, -0.25) is 0 Å². The molecule has 0 saturated heterocycles. The van der Waals surface area contributed by atoms with Gasteiger partial charge in [0.2, 0.25) is 0 Å². The molecule has 86 valence electrons. The zero-order valence-corrected chi connectivity index (χ0v) is 10.6. The van der Waals surface area contributed by atoms with Crippen LogP contribution >= 0.6 is 23.4 Å². The number of ether oxygens (including phenoxy) is 1. The van der Waals surface area contributed by atoms with Gasteiger partial charge in [0.05, 0.1) is 6.61 Å². The molecule has 0 unspecified atom stereocenters. The molecule has 4 heteroatoms. The average Bonchev–Trinajstić information content (AvgIpc) is 2.27. The SMILES string of the molecule is CCOC(=O)/C=C/CSc1ccc(Cl)cc1. The minimum Gasteiger partial charge on any atom is -0.463 e. The van der Waals surface area contributed by atoms with Crippen LogP contribution in [-0.2, 0) is 9.53 Å². The number of esters is 1. The predicted octanol–water partition coefficient (Wildman–Crippen LogP) is 3.55. The third-order valence-electron chi connectivity index (χ3n) is 1.70. The van der Waals surface area contributed by atoms with E-state index in [9.17, 15) is 4.79 Å². The highest BCUT2D eigenvalue weighted by molar-refractivity contribution is 7.99. The summed E-state index contributed by atoms with van der Waals surface area (Å²) in [5, 5.41) is 0.728. The van der Waals surface area contributed by atoms with E-state index < -0.39 is 0 Å². The fourth-order valence-electron chi connectivity index (χ4n) is 1.01. The van der Waals surface area contributed by atoms with Gasteiger partial charge in [0.25, 0.3) is 0 Å². The maximum absolute atomic E-state index is 11.0. The Hall–Kier alpha value is -0.930. The van der Waals surface area contributed by atoms with Gasteiger partial charge in [0, 0.05) is 21.7 Å². The van der Waals surface area contributed by atoms with Crippen molar-refractivity contribution in [2.24, 2.45) is 0 Å². The molecule has 1 rings (SSSR count). The van der Waals surface area contributed by atoms with Crippen molar-refractivity contribution in [2.75, 3.05) is 12.4 Å². The summed E-state index contributed by atoms with van der Waals surface area (Å²) >= 11 is 7.40. The first-order chi connectivity index (χ1) is 7.72. The first kappa shape index (κ1) is 13.1. The van der Waals surface area contributed by atoms with Crippen LogP contribution in [0.5, 0.6) is 0 Å². The second-order valence-corrected chi connectivity index (χ2v) is 4.45. The van der Waals surface area contributed by atoms with E-state index in [2.05, 4.69) is 0 Å². The van der Waals surface area contributed by atoms with E-state index in [0.717, 1.165) is 15.7 Å².